The van der Waals surface area contributed by atoms with Crippen molar-refractivity contribution in [1.29, 1.82) is 0 Å². The maximum atomic E-state index is 10.2. The molecule has 3 rings (SSSR count). The van der Waals surface area contributed by atoms with E-state index >= 15 is 0 Å². The molecule has 0 bridgehead atoms. The van der Waals surface area contributed by atoms with E-state index in [1.807, 2.05) is 11.5 Å². The molecule has 132 valence electrons. The number of aryl methyl sites for hydroxylation is 2. The minimum absolute atomic E-state index is 0.0730. The molecule has 6 heteroatoms. The first-order valence-electron chi connectivity index (χ1n) is 8.73. The van der Waals surface area contributed by atoms with Gasteiger partial charge in [-0.25, -0.2) is 15.0 Å². The standard InChI is InChI=1S/C19H25N5O/c1-13-7-3-4-8-15(13)9-5-6-10-16(14(2)25)24-12-23-17-18(20)21-11-22-19(17)24/h3-4,7-8,11-12,14,16,25H,5-6,9-10H2,1-2H3,(H2,20,21,22). The Morgan fingerprint density at radius 1 is 1.16 bits per heavy atom. The monoisotopic (exact) mass is 339 g/mol. The van der Waals surface area contributed by atoms with Gasteiger partial charge in [0.15, 0.2) is 11.5 Å². The number of anilines is 1. The van der Waals surface area contributed by atoms with Gasteiger partial charge in [0.25, 0.3) is 0 Å². The normalized spacial score (nSPS) is 13.9. The molecule has 1 aromatic carbocycles. The number of rotatable bonds is 7. The quantitative estimate of drug-likeness (QED) is 0.646. The summed E-state index contributed by atoms with van der Waals surface area (Å²) in [5.41, 5.74) is 9.85. The zero-order chi connectivity index (χ0) is 17.8. The summed E-state index contributed by atoms with van der Waals surface area (Å²) < 4.78 is 1.92. The van der Waals surface area contributed by atoms with Crippen molar-refractivity contribution < 1.29 is 5.11 Å². The zero-order valence-corrected chi connectivity index (χ0v) is 14.8. The summed E-state index contributed by atoms with van der Waals surface area (Å²) in [5.74, 6) is 0.368. The van der Waals surface area contributed by atoms with Crippen molar-refractivity contribution in [2.24, 2.45) is 0 Å². The van der Waals surface area contributed by atoms with E-state index in [9.17, 15) is 5.11 Å². The summed E-state index contributed by atoms with van der Waals surface area (Å²) in [4.78, 5) is 12.6. The molecule has 0 aliphatic rings. The first-order valence-corrected chi connectivity index (χ1v) is 8.73. The van der Waals surface area contributed by atoms with E-state index in [0.29, 0.717) is 17.0 Å². The second-order valence-electron chi connectivity index (χ2n) is 6.56. The van der Waals surface area contributed by atoms with Crippen LogP contribution >= 0.6 is 0 Å². The number of nitrogens with two attached hydrogens (primary N) is 1. The lowest BCUT2D eigenvalue weighted by Crippen LogP contribution is -2.21. The van der Waals surface area contributed by atoms with Crippen LogP contribution in [0.2, 0.25) is 0 Å². The predicted molar refractivity (Wildman–Crippen MR) is 99.2 cm³/mol. The number of aliphatic hydroxyl groups excluding tert-OH is 1. The SMILES string of the molecule is Cc1ccccc1CCCCC(C(C)O)n1cnc2c(N)ncnc21. The molecule has 2 heterocycles. The molecule has 0 spiro atoms. The van der Waals surface area contributed by atoms with Gasteiger partial charge in [-0.05, 0) is 44.2 Å². The molecule has 0 radical (unpaired) electrons. The van der Waals surface area contributed by atoms with E-state index in [0.717, 1.165) is 25.7 Å². The molecule has 2 aromatic heterocycles. The highest BCUT2D eigenvalue weighted by Gasteiger charge is 2.20. The van der Waals surface area contributed by atoms with E-state index in [1.54, 1.807) is 6.33 Å². The maximum absolute atomic E-state index is 10.2. The lowest BCUT2D eigenvalue weighted by Gasteiger charge is -2.22. The topological polar surface area (TPSA) is 89.8 Å². The van der Waals surface area contributed by atoms with Crippen LogP contribution in [-0.4, -0.2) is 30.7 Å². The van der Waals surface area contributed by atoms with Gasteiger partial charge < -0.3 is 15.4 Å². The third-order valence-corrected chi connectivity index (χ3v) is 4.76. The van der Waals surface area contributed by atoms with Crippen molar-refractivity contribution in [3.63, 3.8) is 0 Å². The molecule has 2 atom stereocenters. The van der Waals surface area contributed by atoms with Crippen LogP contribution in [0.5, 0.6) is 0 Å². The van der Waals surface area contributed by atoms with Crippen LogP contribution in [0.3, 0.4) is 0 Å². The second-order valence-corrected chi connectivity index (χ2v) is 6.56. The van der Waals surface area contributed by atoms with Crippen molar-refractivity contribution in [2.45, 2.75) is 51.7 Å². The number of nitrogen functional groups attached to an aromatic ring is 1. The second kappa shape index (κ2) is 7.61. The Bertz CT molecular complexity index is 843. The molecular weight excluding hydrogens is 314 g/mol. The summed E-state index contributed by atoms with van der Waals surface area (Å²) in [5, 5.41) is 10.2. The average molecular weight is 339 g/mol. The molecule has 3 N–H and O–H groups in total. The third kappa shape index (κ3) is 3.79. The molecular formula is C19H25N5O. The van der Waals surface area contributed by atoms with Gasteiger partial charge in [-0.2, -0.15) is 0 Å². The van der Waals surface area contributed by atoms with Crippen LogP contribution in [0.15, 0.2) is 36.9 Å². The third-order valence-electron chi connectivity index (χ3n) is 4.76. The van der Waals surface area contributed by atoms with Crippen LogP contribution < -0.4 is 5.73 Å². The Morgan fingerprint density at radius 3 is 2.72 bits per heavy atom. The Hall–Kier alpha value is -2.47. The number of unbranched alkanes of at least 4 members (excludes halogenated alkanes) is 1. The van der Waals surface area contributed by atoms with Gasteiger partial charge in [0.05, 0.1) is 18.5 Å². The molecule has 0 saturated carbocycles. The molecule has 3 aromatic rings. The average Bonchev–Trinajstić information content (AvgIpc) is 3.01. The lowest BCUT2D eigenvalue weighted by atomic mass is 9.99. The number of fused-ring (bicyclic) bond motifs is 1. The zero-order valence-electron chi connectivity index (χ0n) is 14.8. The fourth-order valence-corrected chi connectivity index (χ4v) is 3.28. The number of imidazole rings is 1. The maximum Gasteiger partial charge on any atom is 0.165 e. The van der Waals surface area contributed by atoms with E-state index in [2.05, 4.69) is 46.1 Å². The van der Waals surface area contributed by atoms with Crippen molar-refractivity contribution in [3.05, 3.63) is 48.0 Å². The number of hydrogen-bond donors (Lipinski definition) is 2. The fraction of sp³-hybridized carbons (Fsp3) is 0.421. The molecule has 2 unspecified atom stereocenters. The lowest BCUT2D eigenvalue weighted by molar-refractivity contribution is 0.124. The van der Waals surface area contributed by atoms with Crippen LogP contribution in [0, 0.1) is 6.92 Å². The number of hydrogen-bond acceptors (Lipinski definition) is 5. The Labute approximate surface area is 147 Å². The van der Waals surface area contributed by atoms with Crippen molar-refractivity contribution >= 4 is 17.0 Å². The van der Waals surface area contributed by atoms with Gasteiger partial charge in [0.1, 0.15) is 11.8 Å². The summed E-state index contributed by atoms with van der Waals surface area (Å²) in [6.45, 7) is 3.96. The van der Waals surface area contributed by atoms with Crippen LogP contribution in [0.4, 0.5) is 5.82 Å². The molecule has 6 nitrogen and oxygen atoms in total. The van der Waals surface area contributed by atoms with Crippen molar-refractivity contribution in [2.75, 3.05) is 5.73 Å². The number of aliphatic hydroxyl groups is 1. The summed E-state index contributed by atoms with van der Waals surface area (Å²) in [6, 6.07) is 8.42. The van der Waals surface area contributed by atoms with Gasteiger partial charge in [0, 0.05) is 0 Å². The molecule has 0 aliphatic carbocycles. The number of nitrogens with zero attached hydrogens (tertiary/aromatic N) is 4. The first-order chi connectivity index (χ1) is 12.1. The smallest absolute Gasteiger partial charge is 0.165 e. The largest absolute Gasteiger partial charge is 0.391 e. The van der Waals surface area contributed by atoms with Gasteiger partial charge in [-0.15, -0.1) is 0 Å². The minimum Gasteiger partial charge on any atom is -0.391 e. The Kier molecular flexibility index (Phi) is 5.28. The number of benzene rings is 1. The van der Waals surface area contributed by atoms with Crippen molar-refractivity contribution in [1.82, 2.24) is 19.5 Å². The highest BCUT2D eigenvalue weighted by molar-refractivity contribution is 5.81. The predicted octanol–water partition coefficient (Wildman–Crippen LogP) is 3.05. The van der Waals surface area contributed by atoms with Crippen LogP contribution in [0.1, 0.15) is 43.4 Å². The van der Waals surface area contributed by atoms with Gasteiger partial charge in [-0.1, -0.05) is 30.7 Å². The summed E-state index contributed by atoms with van der Waals surface area (Å²) in [7, 11) is 0. The Balaban J connectivity index is 1.67. The van der Waals surface area contributed by atoms with E-state index < -0.39 is 6.10 Å². The molecule has 0 aliphatic heterocycles. The molecule has 0 amide bonds. The van der Waals surface area contributed by atoms with Crippen LogP contribution in [0.25, 0.3) is 11.2 Å². The summed E-state index contributed by atoms with van der Waals surface area (Å²) in [6.07, 6.45) is 6.66. The highest BCUT2D eigenvalue weighted by atomic mass is 16.3. The first kappa shape index (κ1) is 17.4. The van der Waals surface area contributed by atoms with Crippen LogP contribution in [-0.2, 0) is 6.42 Å². The minimum atomic E-state index is -0.493. The Morgan fingerprint density at radius 2 is 1.96 bits per heavy atom. The molecule has 0 saturated heterocycles. The fourth-order valence-electron chi connectivity index (χ4n) is 3.28. The van der Waals surface area contributed by atoms with Crippen molar-refractivity contribution in [3.8, 4) is 0 Å². The highest BCUT2D eigenvalue weighted by Crippen LogP contribution is 2.25. The van der Waals surface area contributed by atoms with E-state index in [4.69, 9.17) is 5.73 Å². The van der Waals surface area contributed by atoms with Gasteiger partial charge in [-0.3, -0.25) is 0 Å². The molecule has 25 heavy (non-hydrogen) atoms. The van der Waals surface area contributed by atoms with E-state index in [1.165, 1.54) is 17.5 Å². The van der Waals surface area contributed by atoms with Gasteiger partial charge >= 0.3 is 0 Å². The summed E-state index contributed by atoms with van der Waals surface area (Å²) >= 11 is 0. The van der Waals surface area contributed by atoms with E-state index in [-0.39, 0.29) is 6.04 Å². The number of aromatic nitrogens is 4. The molecule has 0 fully saturated rings. The van der Waals surface area contributed by atoms with Gasteiger partial charge in [0.2, 0.25) is 0 Å².